The molecule has 1 nitrogen and oxygen atoms in total. The summed E-state index contributed by atoms with van der Waals surface area (Å²) in [5.74, 6) is 1.09. The normalized spacial score (nSPS) is 14.1. The summed E-state index contributed by atoms with van der Waals surface area (Å²) in [6.07, 6.45) is 5.80. The third kappa shape index (κ3) is 6.51. The summed E-state index contributed by atoms with van der Waals surface area (Å²) in [6.45, 7) is 16.7. The van der Waals surface area contributed by atoms with Gasteiger partial charge >= 0.3 is 148 Å². The van der Waals surface area contributed by atoms with E-state index in [1.54, 1.807) is 9.07 Å². The summed E-state index contributed by atoms with van der Waals surface area (Å²) in [4.78, 5) is 0. The van der Waals surface area contributed by atoms with Gasteiger partial charge in [0.1, 0.15) is 0 Å². The van der Waals surface area contributed by atoms with Crippen LogP contribution in [0.15, 0.2) is 39.4 Å². The van der Waals surface area contributed by atoms with Gasteiger partial charge in [-0.3, -0.25) is 0 Å². The van der Waals surface area contributed by atoms with Gasteiger partial charge in [0.05, 0.1) is 0 Å². The first kappa shape index (κ1) is 24.2. The second kappa shape index (κ2) is 9.25. The van der Waals surface area contributed by atoms with Gasteiger partial charge in [-0.2, -0.15) is 0 Å². The predicted octanol–water partition coefficient (Wildman–Crippen LogP) is 5.85. The molecule has 0 amide bonds. The predicted molar refractivity (Wildman–Crippen MR) is 113 cm³/mol. The average Bonchev–Trinajstić information content (AvgIpc) is 2.83. The molecule has 134 valence electrons. The average molecular weight is 437 g/mol. The van der Waals surface area contributed by atoms with E-state index < -0.39 is 35.7 Å². The molecule has 0 radical (unpaired) electrons. The Morgan fingerprint density at radius 1 is 0.917 bits per heavy atom. The van der Waals surface area contributed by atoms with Crippen LogP contribution >= 0.6 is 24.8 Å². The van der Waals surface area contributed by atoms with Gasteiger partial charge in [0.15, 0.2) is 0 Å². The van der Waals surface area contributed by atoms with Gasteiger partial charge in [-0.05, 0) is 0 Å². The van der Waals surface area contributed by atoms with Crippen molar-refractivity contribution in [3.8, 4) is 5.75 Å². The van der Waals surface area contributed by atoms with Gasteiger partial charge in [0, 0.05) is 0 Å². The molecule has 0 N–H and O–H groups in total. The molecule has 0 aliphatic heterocycles. The van der Waals surface area contributed by atoms with E-state index in [0.29, 0.717) is 0 Å². The Hall–Kier alpha value is 0.228. The van der Waals surface area contributed by atoms with Crippen LogP contribution < -0.4 is 8.51 Å². The third-order valence-corrected chi connectivity index (χ3v) is 10.1. The molecular weight excluding hydrogens is 407 g/mol. The van der Waals surface area contributed by atoms with Crippen molar-refractivity contribution in [2.45, 2.75) is 52.6 Å². The molecular formula is C18H30Cl2OSi2Ti. The van der Waals surface area contributed by atoms with E-state index in [4.69, 9.17) is 3.32 Å². The molecule has 0 aromatic heterocycles. The second-order valence-electron chi connectivity index (χ2n) is 8.24. The van der Waals surface area contributed by atoms with E-state index in [2.05, 4.69) is 76.6 Å². The first-order valence-electron chi connectivity index (χ1n) is 8.02. The van der Waals surface area contributed by atoms with Crippen LogP contribution in [-0.2, 0) is 19.5 Å². The van der Waals surface area contributed by atoms with Crippen LogP contribution in [0, 0.1) is 6.92 Å². The van der Waals surface area contributed by atoms with Crippen molar-refractivity contribution in [2.24, 2.45) is 0 Å². The minimum absolute atomic E-state index is 0. The summed E-state index contributed by atoms with van der Waals surface area (Å²) < 4.78 is 7.91. The number of benzene rings is 1. The maximum atomic E-state index is 6.30. The Labute approximate surface area is 171 Å². The molecule has 1 aliphatic rings. The minimum Gasteiger partial charge on any atom is -0.147 e. The smallest absolute Gasteiger partial charge is 0.147 e. The summed E-state index contributed by atoms with van der Waals surface area (Å²) in [6, 6.07) is 6.83. The van der Waals surface area contributed by atoms with Gasteiger partial charge in [-0.15, -0.1) is 24.8 Å². The van der Waals surface area contributed by atoms with Crippen LogP contribution in [0.25, 0.3) is 0 Å². The van der Waals surface area contributed by atoms with Gasteiger partial charge < -0.3 is 0 Å². The van der Waals surface area contributed by atoms with Crippen LogP contribution in [0.2, 0.25) is 39.3 Å². The fourth-order valence-corrected chi connectivity index (χ4v) is 8.67. The van der Waals surface area contributed by atoms with E-state index in [0.717, 1.165) is 12.2 Å². The molecule has 24 heavy (non-hydrogen) atoms. The standard InChI is InChI=1S/C10H16OSi.C8H13Si.2ClH.Ti/c1-8-5-9(11)7-10(6-8)12(2,3)4;1-9(2,3)8-6-4-5-7-8;;;/h5-7,11H,1-4H3;4,6H,5H2,1-3H3;2*1H;/q;;;;+1/p-1. The van der Waals surface area contributed by atoms with Crippen molar-refractivity contribution < 1.29 is 22.9 Å². The summed E-state index contributed by atoms with van der Waals surface area (Å²) in [5, 5.41) is 3.13. The number of hydrogen-bond acceptors (Lipinski definition) is 1. The molecule has 2 rings (SSSR count). The van der Waals surface area contributed by atoms with Crippen LogP contribution in [0.4, 0.5) is 0 Å². The van der Waals surface area contributed by atoms with Crippen LogP contribution in [0.1, 0.15) is 12.0 Å². The molecule has 0 fully saturated rings. The Morgan fingerprint density at radius 2 is 1.54 bits per heavy atom. The maximum absolute atomic E-state index is 6.30. The largest absolute Gasteiger partial charge is 0.147 e. The molecule has 0 spiro atoms. The monoisotopic (exact) mass is 436 g/mol. The van der Waals surface area contributed by atoms with Crippen LogP contribution in [-0.4, -0.2) is 16.1 Å². The van der Waals surface area contributed by atoms with Crippen molar-refractivity contribution in [3.63, 3.8) is 0 Å². The molecule has 0 atom stereocenters. The van der Waals surface area contributed by atoms with Crippen molar-refractivity contribution in [1.29, 1.82) is 0 Å². The first-order valence-corrected chi connectivity index (χ1v) is 16.4. The molecule has 0 saturated heterocycles. The molecule has 0 bridgehead atoms. The van der Waals surface area contributed by atoms with E-state index >= 15 is 0 Å². The number of aryl methyl sites for hydroxylation is 1. The fourth-order valence-electron chi connectivity index (χ4n) is 2.66. The Kier molecular flexibility index (Phi) is 9.34. The van der Waals surface area contributed by atoms with Crippen LogP contribution in [0.3, 0.4) is 0 Å². The molecule has 1 aromatic carbocycles. The van der Waals surface area contributed by atoms with E-state index in [1.807, 2.05) is 0 Å². The zero-order valence-corrected chi connectivity index (χ0v) is 21.0. The number of rotatable bonds is 5. The molecule has 1 aliphatic carbocycles. The Bertz CT molecular complexity index is 629. The quantitative estimate of drug-likeness (QED) is 0.525. The van der Waals surface area contributed by atoms with Crippen molar-refractivity contribution in [2.75, 3.05) is 0 Å². The second-order valence-corrected chi connectivity index (χ2v) is 19.9. The molecule has 0 saturated carbocycles. The van der Waals surface area contributed by atoms with Crippen molar-refractivity contribution in [3.05, 3.63) is 45.0 Å². The van der Waals surface area contributed by atoms with Gasteiger partial charge in [-0.25, -0.2) is 0 Å². The first-order chi connectivity index (χ1) is 10.1. The summed E-state index contributed by atoms with van der Waals surface area (Å²) >= 11 is -0.508. The van der Waals surface area contributed by atoms with Crippen molar-refractivity contribution in [1.82, 2.24) is 0 Å². The maximum Gasteiger partial charge on any atom is -0.147 e. The van der Waals surface area contributed by atoms with E-state index in [-0.39, 0.29) is 24.8 Å². The molecule has 1 aromatic rings. The molecule has 6 heteroatoms. The van der Waals surface area contributed by atoms with Gasteiger partial charge in [0.2, 0.25) is 0 Å². The topological polar surface area (TPSA) is 9.23 Å². The zero-order valence-electron chi connectivity index (χ0n) is 15.8. The third-order valence-electron chi connectivity index (χ3n) is 3.95. The zero-order chi connectivity index (χ0) is 16.5. The SMILES string of the molecule is Cc1cc([O][Ti][C]2=C([Si](C)(C)C)C=CC2)cc([Si](C)(C)C)c1.Cl.Cl. The number of allylic oxidation sites excluding steroid dienone is 4. The van der Waals surface area contributed by atoms with E-state index in [9.17, 15) is 0 Å². The summed E-state index contributed by atoms with van der Waals surface area (Å²) in [7, 11) is -2.51. The van der Waals surface area contributed by atoms with Crippen molar-refractivity contribution >= 4 is 46.1 Å². The Balaban J connectivity index is 0.00000264. The summed E-state index contributed by atoms with van der Waals surface area (Å²) in [5.41, 5.74) is 1.32. The van der Waals surface area contributed by atoms with E-state index in [1.165, 1.54) is 10.8 Å². The van der Waals surface area contributed by atoms with Gasteiger partial charge in [0.25, 0.3) is 0 Å². The Morgan fingerprint density at radius 3 is 2.08 bits per heavy atom. The van der Waals surface area contributed by atoms with Crippen LogP contribution in [0.5, 0.6) is 5.75 Å². The molecule has 0 unspecified atom stereocenters. The minimum atomic E-state index is -1.28. The number of hydrogen-bond donors (Lipinski definition) is 0. The fraction of sp³-hybridized carbons (Fsp3) is 0.444. The van der Waals surface area contributed by atoms with Gasteiger partial charge in [-0.1, -0.05) is 0 Å². The molecule has 0 heterocycles. The number of halogens is 2.